The maximum Gasteiger partial charge on any atom is 0.253 e. The lowest BCUT2D eigenvalue weighted by atomic mass is 10.2. The smallest absolute Gasteiger partial charge is 0.253 e. The zero-order valence-corrected chi connectivity index (χ0v) is 15.0. The van der Waals surface area contributed by atoms with Gasteiger partial charge in [0, 0.05) is 27.9 Å². The van der Waals surface area contributed by atoms with Gasteiger partial charge in [-0.2, -0.15) is 0 Å². The van der Waals surface area contributed by atoms with E-state index in [1.54, 1.807) is 30.6 Å². The molecule has 3 aromatic rings. The zero-order valence-electron chi connectivity index (χ0n) is 12.7. The van der Waals surface area contributed by atoms with Gasteiger partial charge in [0.25, 0.3) is 5.91 Å². The highest BCUT2D eigenvalue weighted by atomic mass is 35.5. The molecule has 0 aliphatic rings. The van der Waals surface area contributed by atoms with Gasteiger partial charge in [-0.1, -0.05) is 23.2 Å². The summed E-state index contributed by atoms with van der Waals surface area (Å²) in [6, 6.07) is 8.63. The predicted octanol–water partition coefficient (Wildman–Crippen LogP) is 4.75. The fraction of sp³-hybridized carbons (Fsp3) is 0.118. The van der Waals surface area contributed by atoms with Crippen molar-refractivity contribution in [3.63, 3.8) is 0 Å². The first-order valence-corrected chi connectivity index (χ1v) is 8.72. The molecule has 1 N–H and O–H groups in total. The number of carbonyl (C=O) groups excluding carboxylic acids is 1. The molecule has 2 heterocycles. The quantitative estimate of drug-likeness (QED) is 0.713. The number of carbonyl (C=O) groups is 1. The predicted molar refractivity (Wildman–Crippen MR) is 97.7 cm³/mol. The Kier molecular flexibility index (Phi) is 5.14. The van der Waals surface area contributed by atoms with E-state index in [0.29, 0.717) is 22.2 Å². The molecule has 24 heavy (non-hydrogen) atoms. The second-order valence-corrected chi connectivity index (χ2v) is 7.00. The number of thiazole rings is 1. The van der Waals surface area contributed by atoms with Crippen LogP contribution in [0.15, 0.2) is 42.7 Å². The van der Waals surface area contributed by atoms with E-state index >= 15 is 0 Å². The molecule has 0 saturated heterocycles. The summed E-state index contributed by atoms with van der Waals surface area (Å²) in [5.74, 6) is -0.243. The minimum absolute atomic E-state index is 0.243. The number of nitrogens with zero attached hydrogens (tertiary/aromatic N) is 2. The Bertz CT molecular complexity index is 881. The molecule has 0 aliphatic heterocycles. The lowest BCUT2D eigenvalue weighted by molar-refractivity contribution is 0.0951. The lowest BCUT2D eigenvalue weighted by Gasteiger charge is -2.06. The van der Waals surface area contributed by atoms with E-state index in [4.69, 9.17) is 23.2 Å². The van der Waals surface area contributed by atoms with Crippen molar-refractivity contribution in [3.05, 3.63) is 68.9 Å². The largest absolute Gasteiger partial charge is 0.347 e. The van der Waals surface area contributed by atoms with Crippen molar-refractivity contribution in [3.8, 4) is 10.6 Å². The van der Waals surface area contributed by atoms with Crippen LogP contribution in [0.2, 0.25) is 10.0 Å². The van der Waals surface area contributed by atoms with E-state index in [2.05, 4.69) is 15.3 Å². The normalized spacial score (nSPS) is 10.6. The molecule has 122 valence electrons. The Balaban J connectivity index is 1.73. The van der Waals surface area contributed by atoms with Crippen molar-refractivity contribution in [1.29, 1.82) is 0 Å². The fourth-order valence-corrected chi connectivity index (χ4v) is 3.62. The molecule has 0 radical (unpaired) electrons. The average molecular weight is 378 g/mol. The number of nitrogens with one attached hydrogen (secondary N) is 1. The molecule has 0 unspecified atom stereocenters. The van der Waals surface area contributed by atoms with Crippen LogP contribution in [-0.4, -0.2) is 15.9 Å². The fourth-order valence-electron chi connectivity index (χ4n) is 2.13. The van der Waals surface area contributed by atoms with Crippen LogP contribution in [0.3, 0.4) is 0 Å². The van der Waals surface area contributed by atoms with Crippen molar-refractivity contribution in [2.75, 3.05) is 0 Å². The van der Waals surface area contributed by atoms with Gasteiger partial charge in [-0.15, -0.1) is 11.3 Å². The minimum Gasteiger partial charge on any atom is -0.347 e. The van der Waals surface area contributed by atoms with Crippen LogP contribution in [0.4, 0.5) is 0 Å². The van der Waals surface area contributed by atoms with E-state index in [-0.39, 0.29) is 5.91 Å². The molecule has 0 atom stereocenters. The number of halogens is 2. The third-order valence-corrected chi connectivity index (χ3v) is 5.14. The van der Waals surface area contributed by atoms with E-state index in [1.807, 2.05) is 19.1 Å². The second-order valence-electron chi connectivity index (χ2n) is 5.08. The zero-order chi connectivity index (χ0) is 17.1. The molecule has 0 aliphatic carbocycles. The van der Waals surface area contributed by atoms with E-state index in [1.165, 1.54) is 11.3 Å². The molecule has 2 aromatic heterocycles. The Labute approximate surface area is 153 Å². The summed E-state index contributed by atoms with van der Waals surface area (Å²) >= 11 is 13.4. The molecule has 7 heteroatoms. The molecule has 3 rings (SSSR count). The van der Waals surface area contributed by atoms with Crippen LogP contribution in [0, 0.1) is 6.92 Å². The Hall–Kier alpha value is -1.95. The van der Waals surface area contributed by atoms with Gasteiger partial charge in [0.15, 0.2) is 0 Å². The summed E-state index contributed by atoms with van der Waals surface area (Å²) in [6.07, 6.45) is 3.50. The molecule has 0 fully saturated rings. The molecular weight excluding hydrogens is 365 g/mol. The molecule has 0 spiro atoms. The van der Waals surface area contributed by atoms with Gasteiger partial charge in [-0.3, -0.25) is 9.78 Å². The lowest BCUT2D eigenvalue weighted by Crippen LogP contribution is -2.23. The van der Waals surface area contributed by atoms with Crippen molar-refractivity contribution in [2.45, 2.75) is 13.5 Å². The third-order valence-electron chi connectivity index (χ3n) is 3.39. The van der Waals surface area contributed by atoms with Gasteiger partial charge in [0.05, 0.1) is 22.8 Å². The number of aryl methyl sites for hydroxylation is 1. The van der Waals surface area contributed by atoms with Crippen LogP contribution in [0.25, 0.3) is 10.6 Å². The molecule has 0 saturated carbocycles. The van der Waals surface area contributed by atoms with Crippen LogP contribution >= 0.6 is 34.5 Å². The summed E-state index contributed by atoms with van der Waals surface area (Å²) in [7, 11) is 0. The standard InChI is InChI=1S/C17H13Cl2N3OS/c1-10-15(24-17(22-10)11-3-2-6-20-8-11)9-21-16(23)13-5-4-12(18)7-14(13)19/h2-8H,9H2,1H3,(H,21,23). The molecule has 1 amide bonds. The monoisotopic (exact) mass is 377 g/mol. The maximum absolute atomic E-state index is 12.3. The van der Waals surface area contributed by atoms with Crippen molar-refractivity contribution in [1.82, 2.24) is 15.3 Å². The Morgan fingerprint density at radius 1 is 1.29 bits per heavy atom. The number of amides is 1. The number of benzene rings is 1. The average Bonchev–Trinajstić information content (AvgIpc) is 2.94. The number of rotatable bonds is 4. The molecular formula is C17H13Cl2N3OS. The van der Waals surface area contributed by atoms with Gasteiger partial charge in [0.1, 0.15) is 5.01 Å². The van der Waals surface area contributed by atoms with Gasteiger partial charge < -0.3 is 5.32 Å². The minimum atomic E-state index is -0.243. The Morgan fingerprint density at radius 2 is 2.12 bits per heavy atom. The number of aromatic nitrogens is 2. The van der Waals surface area contributed by atoms with Gasteiger partial charge in [-0.05, 0) is 37.3 Å². The van der Waals surface area contributed by atoms with E-state index in [0.717, 1.165) is 21.1 Å². The summed E-state index contributed by atoms with van der Waals surface area (Å²) in [5.41, 5.74) is 2.25. The van der Waals surface area contributed by atoms with E-state index < -0.39 is 0 Å². The van der Waals surface area contributed by atoms with Crippen LogP contribution in [-0.2, 0) is 6.54 Å². The van der Waals surface area contributed by atoms with E-state index in [9.17, 15) is 4.79 Å². The SMILES string of the molecule is Cc1nc(-c2cccnc2)sc1CNC(=O)c1ccc(Cl)cc1Cl. The highest BCUT2D eigenvalue weighted by molar-refractivity contribution is 7.15. The molecule has 1 aromatic carbocycles. The third kappa shape index (κ3) is 3.75. The van der Waals surface area contributed by atoms with Crippen LogP contribution in [0.1, 0.15) is 20.9 Å². The number of hydrogen-bond donors (Lipinski definition) is 1. The summed E-state index contributed by atoms with van der Waals surface area (Å²) in [6.45, 7) is 2.31. The van der Waals surface area contributed by atoms with Gasteiger partial charge in [0.2, 0.25) is 0 Å². The molecule has 0 bridgehead atoms. The van der Waals surface area contributed by atoms with Gasteiger partial charge in [-0.25, -0.2) is 4.98 Å². The van der Waals surface area contributed by atoms with Crippen molar-refractivity contribution in [2.24, 2.45) is 0 Å². The van der Waals surface area contributed by atoms with Gasteiger partial charge >= 0.3 is 0 Å². The summed E-state index contributed by atoms with van der Waals surface area (Å²) < 4.78 is 0. The first-order valence-electron chi connectivity index (χ1n) is 7.14. The summed E-state index contributed by atoms with van der Waals surface area (Å²) in [5, 5.41) is 4.58. The number of hydrogen-bond acceptors (Lipinski definition) is 4. The number of pyridine rings is 1. The Morgan fingerprint density at radius 3 is 2.83 bits per heavy atom. The van der Waals surface area contributed by atoms with Crippen molar-refractivity contribution < 1.29 is 4.79 Å². The van der Waals surface area contributed by atoms with Crippen LogP contribution in [0.5, 0.6) is 0 Å². The topological polar surface area (TPSA) is 54.9 Å². The highest BCUT2D eigenvalue weighted by Crippen LogP contribution is 2.27. The molecule has 4 nitrogen and oxygen atoms in total. The first kappa shape index (κ1) is 16.9. The van der Waals surface area contributed by atoms with Crippen molar-refractivity contribution >= 4 is 40.4 Å². The first-order chi connectivity index (χ1) is 11.5. The maximum atomic E-state index is 12.3. The summed E-state index contributed by atoms with van der Waals surface area (Å²) in [4.78, 5) is 21.9. The second kappa shape index (κ2) is 7.30. The van der Waals surface area contributed by atoms with Crippen LogP contribution < -0.4 is 5.32 Å². The highest BCUT2D eigenvalue weighted by Gasteiger charge is 2.13.